The summed E-state index contributed by atoms with van der Waals surface area (Å²) in [6.07, 6.45) is 18.2. The van der Waals surface area contributed by atoms with Crippen molar-refractivity contribution in [1.29, 1.82) is 0 Å². The summed E-state index contributed by atoms with van der Waals surface area (Å²) >= 11 is 0. The Morgan fingerprint density at radius 1 is 0.579 bits per heavy atom. The number of hydrogen-bond acceptors (Lipinski definition) is 4. The van der Waals surface area contributed by atoms with E-state index in [1.165, 1.54) is 44.9 Å². The largest absolute Gasteiger partial charge is 0.493 e. The van der Waals surface area contributed by atoms with Gasteiger partial charge >= 0.3 is 0 Å². The number of unbranched alkanes of at least 4 members (excludes halogenated alkanes) is 14. The van der Waals surface area contributed by atoms with Crippen molar-refractivity contribution in [2.45, 2.75) is 110 Å². The molecule has 0 aromatic heterocycles. The van der Waals surface area contributed by atoms with Crippen molar-refractivity contribution >= 4 is 10.1 Å². The molecule has 0 radical (unpaired) electrons. The van der Waals surface area contributed by atoms with Gasteiger partial charge in [0, 0.05) is 0 Å². The van der Waals surface area contributed by atoms with Gasteiger partial charge in [0.1, 0.15) is 11.5 Å². The lowest BCUT2D eigenvalue weighted by Crippen LogP contribution is -2.03. The maximum atomic E-state index is 10.7. The average Bonchev–Trinajstić information content (AvgIpc) is 2.90. The van der Waals surface area contributed by atoms with Crippen LogP contribution in [0.25, 0.3) is 11.1 Å². The zero-order valence-corrected chi connectivity index (χ0v) is 24.4. The molecule has 0 bridgehead atoms. The van der Waals surface area contributed by atoms with Crippen LogP contribution in [0.4, 0.5) is 0 Å². The first-order chi connectivity index (χ1) is 18.5. The smallest absolute Gasteiger partial charge is 0.264 e. The summed E-state index contributed by atoms with van der Waals surface area (Å²) < 4.78 is 42.8. The molecule has 1 N–H and O–H groups in total. The maximum Gasteiger partial charge on any atom is 0.264 e. The van der Waals surface area contributed by atoms with Gasteiger partial charge in [-0.1, -0.05) is 127 Å². The molecule has 0 amide bonds. The zero-order valence-electron chi connectivity index (χ0n) is 23.5. The second kappa shape index (κ2) is 19.9. The predicted octanol–water partition coefficient (Wildman–Crippen LogP) is 9.26. The molecule has 0 aliphatic carbocycles. The van der Waals surface area contributed by atoms with Crippen LogP contribution in [0.1, 0.15) is 110 Å². The van der Waals surface area contributed by atoms with Crippen LogP contribution in [0.3, 0.4) is 0 Å². The minimum Gasteiger partial charge on any atom is -0.493 e. The molecule has 2 aromatic carbocycles. The van der Waals surface area contributed by atoms with Crippen molar-refractivity contribution in [2.24, 2.45) is 0 Å². The third kappa shape index (κ3) is 14.8. The molecule has 214 valence electrons. The Kier molecular flexibility index (Phi) is 16.9. The van der Waals surface area contributed by atoms with E-state index in [9.17, 15) is 8.42 Å². The summed E-state index contributed by atoms with van der Waals surface area (Å²) in [6, 6.07) is 16.5. The normalized spacial score (nSPS) is 11.5. The van der Waals surface area contributed by atoms with Gasteiger partial charge in [-0.25, -0.2) is 0 Å². The lowest BCUT2D eigenvalue weighted by molar-refractivity contribution is 0.292. The molecule has 6 heteroatoms. The summed E-state index contributed by atoms with van der Waals surface area (Å²) in [7, 11) is -3.81. The van der Waals surface area contributed by atoms with E-state index < -0.39 is 10.1 Å². The molecule has 5 nitrogen and oxygen atoms in total. The minimum absolute atomic E-state index is 0.124. The average molecular weight is 547 g/mol. The first kappa shape index (κ1) is 32.2. The Labute approximate surface area is 232 Å². The third-order valence-electron chi connectivity index (χ3n) is 6.86. The highest BCUT2D eigenvalue weighted by molar-refractivity contribution is 7.85. The zero-order chi connectivity index (χ0) is 27.3. The molecular formula is C32H50O5S. The monoisotopic (exact) mass is 546 g/mol. The standard InChI is InChI=1S/C32H50O5S/c1-2-3-4-5-6-9-12-18-26-36-30-24-21-25-31(32(30)29-22-16-15-17-23-29)37-27-19-13-10-7-8-11-14-20-28-38(33,34)35/h15-17,21-25H,2-14,18-20,26-28H2,1H3,(H,33,34,35). The highest BCUT2D eigenvalue weighted by atomic mass is 32.2. The summed E-state index contributed by atoms with van der Waals surface area (Å²) in [5.41, 5.74) is 2.15. The van der Waals surface area contributed by atoms with Crippen LogP contribution in [-0.2, 0) is 10.1 Å². The van der Waals surface area contributed by atoms with E-state index in [-0.39, 0.29) is 5.75 Å². The molecule has 0 aliphatic rings. The molecule has 38 heavy (non-hydrogen) atoms. The van der Waals surface area contributed by atoms with Gasteiger partial charge in [-0.15, -0.1) is 0 Å². The van der Waals surface area contributed by atoms with Gasteiger partial charge in [-0.2, -0.15) is 8.42 Å². The van der Waals surface area contributed by atoms with Crippen molar-refractivity contribution in [2.75, 3.05) is 19.0 Å². The number of ether oxygens (including phenoxy) is 2. The molecule has 2 rings (SSSR count). The van der Waals surface area contributed by atoms with Crippen LogP contribution in [-0.4, -0.2) is 31.9 Å². The van der Waals surface area contributed by atoms with Crippen LogP contribution in [0.15, 0.2) is 48.5 Å². The number of benzene rings is 2. The Hall–Kier alpha value is -2.05. The summed E-state index contributed by atoms with van der Waals surface area (Å²) in [6.45, 7) is 3.67. The third-order valence-corrected chi connectivity index (χ3v) is 7.66. The van der Waals surface area contributed by atoms with E-state index >= 15 is 0 Å². The molecular weight excluding hydrogens is 496 g/mol. The van der Waals surface area contributed by atoms with Crippen molar-refractivity contribution in [3.63, 3.8) is 0 Å². The topological polar surface area (TPSA) is 72.8 Å². The molecule has 0 unspecified atom stereocenters. The second-order valence-corrected chi connectivity index (χ2v) is 11.9. The molecule has 0 atom stereocenters. The molecule has 0 saturated carbocycles. The highest BCUT2D eigenvalue weighted by Crippen LogP contribution is 2.38. The fourth-order valence-corrected chi connectivity index (χ4v) is 5.26. The SMILES string of the molecule is CCCCCCCCCCOc1cccc(OCCCCCCCCCCS(=O)(=O)O)c1-c1ccccc1. The predicted molar refractivity (Wildman–Crippen MR) is 159 cm³/mol. The highest BCUT2D eigenvalue weighted by Gasteiger charge is 2.13. The van der Waals surface area contributed by atoms with E-state index in [0.717, 1.165) is 80.6 Å². The van der Waals surface area contributed by atoms with E-state index in [0.29, 0.717) is 13.0 Å². The van der Waals surface area contributed by atoms with Crippen molar-refractivity contribution in [3.8, 4) is 22.6 Å². The van der Waals surface area contributed by atoms with Gasteiger partial charge < -0.3 is 9.47 Å². The van der Waals surface area contributed by atoms with Crippen LogP contribution >= 0.6 is 0 Å². The van der Waals surface area contributed by atoms with E-state index in [1.807, 2.05) is 18.2 Å². The van der Waals surface area contributed by atoms with Crippen LogP contribution in [0, 0.1) is 0 Å². The van der Waals surface area contributed by atoms with Gasteiger partial charge in [0.2, 0.25) is 0 Å². The number of hydrogen-bond donors (Lipinski definition) is 1. The van der Waals surface area contributed by atoms with Gasteiger partial charge in [0.05, 0.1) is 24.5 Å². The molecule has 0 fully saturated rings. The van der Waals surface area contributed by atoms with E-state index in [4.69, 9.17) is 14.0 Å². The summed E-state index contributed by atoms with van der Waals surface area (Å²) in [5, 5.41) is 0. The van der Waals surface area contributed by atoms with E-state index in [1.54, 1.807) is 0 Å². The lowest BCUT2D eigenvalue weighted by atomic mass is 10.0. The second-order valence-electron chi connectivity index (χ2n) is 10.3. The van der Waals surface area contributed by atoms with Crippen molar-refractivity contribution < 1.29 is 22.4 Å². The molecule has 0 heterocycles. The Morgan fingerprint density at radius 2 is 1.03 bits per heavy atom. The van der Waals surface area contributed by atoms with E-state index in [2.05, 4.69) is 37.3 Å². The Bertz CT molecular complexity index is 959. The van der Waals surface area contributed by atoms with Crippen LogP contribution in [0.2, 0.25) is 0 Å². The van der Waals surface area contributed by atoms with Gasteiger partial charge in [0.15, 0.2) is 0 Å². The fourth-order valence-electron chi connectivity index (χ4n) is 4.69. The quantitative estimate of drug-likeness (QED) is 0.111. The lowest BCUT2D eigenvalue weighted by Gasteiger charge is -2.17. The molecule has 2 aromatic rings. The van der Waals surface area contributed by atoms with Gasteiger partial charge in [-0.3, -0.25) is 4.55 Å². The van der Waals surface area contributed by atoms with Gasteiger partial charge in [0.25, 0.3) is 10.1 Å². The minimum atomic E-state index is -3.81. The Morgan fingerprint density at radius 3 is 1.50 bits per heavy atom. The molecule has 0 spiro atoms. The summed E-state index contributed by atoms with van der Waals surface area (Å²) in [5.74, 6) is 1.65. The first-order valence-electron chi connectivity index (χ1n) is 14.9. The molecule has 0 saturated heterocycles. The Balaban J connectivity index is 1.73. The summed E-state index contributed by atoms with van der Waals surface area (Å²) in [4.78, 5) is 0. The van der Waals surface area contributed by atoms with Crippen molar-refractivity contribution in [1.82, 2.24) is 0 Å². The van der Waals surface area contributed by atoms with Gasteiger partial charge in [-0.05, 0) is 37.0 Å². The van der Waals surface area contributed by atoms with Crippen LogP contribution < -0.4 is 9.47 Å². The van der Waals surface area contributed by atoms with Crippen LogP contribution in [0.5, 0.6) is 11.5 Å². The molecule has 0 aliphatic heterocycles. The number of rotatable bonds is 23. The first-order valence-corrected chi connectivity index (χ1v) is 16.5. The fraction of sp³-hybridized carbons (Fsp3) is 0.625. The maximum absolute atomic E-state index is 10.7. The van der Waals surface area contributed by atoms with Crippen molar-refractivity contribution in [3.05, 3.63) is 48.5 Å².